The summed E-state index contributed by atoms with van der Waals surface area (Å²) in [6.45, 7) is 10.1. The fourth-order valence-corrected chi connectivity index (χ4v) is 1.82. The largest absolute Gasteiger partial charge is 1.00 e. The third-order valence-electron chi connectivity index (χ3n) is 2.82. The molecule has 0 N–H and O–H groups in total. The minimum atomic E-state index is -1.00. The van der Waals surface area contributed by atoms with Crippen LogP contribution < -0.4 is 34.7 Å². The van der Waals surface area contributed by atoms with Crippen molar-refractivity contribution in [2.24, 2.45) is 11.3 Å². The Bertz CT molecular complexity index is 224. The second-order valence-electron chi connectivity index (χ2n) is 5.62. The number of alkyl halides is 1. The van der Waals surface area contributed by atoms with E-state index in [4.69, 9.17) is 0 Å². The maximum atomic E-state index is 11.2. The van der Waals surface area contributed by atoms with Gasteiger partial charge in [0.25, 0.3) is 0 Å². The zero-order valence-electron chi connectivity index (χ0n) is 11.4. The molecule has 4 heteroatoms. The molecule has 0 bridgehead atoms. The van der Waals surface area contributed by atoms with E-state index in [0.29, 0.717) is 12.3 Å². The molecule has 0 amide bonds. The van der Waals surface area contributed by atoms with Crippen molar-refractivity contribution < 1.29 is 39.5 Å². The fraction of sp³-hybridized carbons (Fsp3) is 0.917. The van der Waals surface area contributed by atoms with Crippen molar-refractivity contribution in [1.29, 1.82) is 0 Å². The van der Waals surface area contributed by atoms with Crippen LogP contribution in [0.25, 0.3) is 0 Å². The number of carboxylic acid groups (broad SMARTS) is 1. The van der Waals surface area contributed by atoms with Gasteiger partial charge in [-0.3, -0.25) is 0 Å². The number of carbonyl (C=O) groups is 1. The molecular formula is C12H22BrNaO2. The number of aliphatic carboxylic acids is 1. The first kappa shape index (κ1) is 19.3. The van der Waals surface area contributed by atoms with E-state index in [1.807, 2.05) is 20.8 Å². The number of hydrogen-bond donors (Lipinski definition) is 0. The molecule has 0 saturated carbocycles. The van der Waals surface area contributed by atoms with Gasteiger partial charge < -0.3 is 9.90 Å². The molecule has 0 fully saturated rings. The molecule has 0 aliphatic rings. The molecule has 0 saturated heterocycles. The monoisotopic (exact) mass is 300 g/mol. The van der Waals surface area contributed by atoms with Gasteiger partial charge in [-0.15, -0.1) is 0 Å². The minimum absolute atomic E-state index is 0. The van der Waals surface area contributed by atoms with Crippen molar-refractivity contribution in [1.82, 2.24) is 0 Å². The van der Waals surface area contributed by atoms with Crippen molar-refractivity contribution >= 4 is 21.9 Å². The first-order chi connectivity index (χ1) is 6.61. The molecule has 0 heterocycles. The summed E-state index contributed by atoms with van der Waals surface area (Å²) in [4.78, 5) is 11.2. The van der Waals surface area contributed by atoms with Crippen molar-refractivity contribution in [3.8, 4) is 0 Å². The van der Waals surface area contributed by atoms with Crippen molar-refractivity contribution in [3.05, 3.63) is 0 Å². The van der Waals surface area contributed by atoms with Gasteiger partial charge >= 0.3 is 29.6 Å². The standard InChI is InChI=1S/C12H23BrO2.Na/c1-9(2)7-6-8-12(13,10(14)15)11(3,4)5;/h9H,6-8H2,1-5H3,(H,14,15);/q;+1/p-1. The molecule has 0 aliphatic carbocycles. The molecule has 0 aromatic heterocycles. The van der Waals surface area contributed by atoms with E-state index in [-0.39, 0.29) is 35.0 Å². The van der Waals surface area contributed by atoms with Crippen LogP contribution in [0.1, 0.15) is 53.9 Å². The Balaban J connectivity index is 0. The van der Waals surface area contributed by atoms with Crippen molar-refractivity contribution in [2.75, 3.05) is 0 Å². The summed E-state index contributed by atoms with van der Waals surface area (Å²) in [7, 11) is 0. The number of rotatable bonds is 5. The quantitative estimate of drug-likeness (QED) is 0.519. The zero-order valence-corrected chi connectivity index (χ0v) is 15.0. The predicted molar refractivity (Wildman–Crippen MR) is 64.8 cm³/mol. The molecule has 0 radical (unpaired) electrons. The predicted octanol–water partition coefficient (Wildman–Crippen LogP) is -0.254. The molecule has 0 aromatic carbocycles. The summed E-state index contributed by atoms with van der Waals surface area (Å²) in [5, 5.41) is 11.2. The van der Waals surface area contributed by atoms with Crippen LogP contribution in [0.15, 0.2) is 0 Å². The van der Waals surface area contributed by atoms with Gasteiger partial charge in [0.05, 0.1) is 10.3 Å². The average molecular weight is 301 g/mol. The third-order valence-corrected chi connectivity index (χ3v) is 4.72. The summed E-state index contributed by atoms with van der Waals surface area (Å²) in [6.07, 6.45) is 2.59. The Hall–Kier alpha value is 0.950. The molecule has 1 unspecified atom stereocenters. The van der Waals surface area contributed by atoms with Crippen LogP contribution in [0.3, 0.4) is 0 Å². The molecule has 2 nitrogen and oxygen atoms in total. The van der Waals surface area contributed by atoms with Gasteiger partial charge in [-0.05, 0) is 17.8 Å². The summed E-state index contributed by atoms with van der Waals surface area (Å²) in [5.41, 5.74) is -0.331. The van der Waals surface area contributed by atoms with E-state index in [9.17, 15) is 9.90 Å². The van der Waals surface area contributed by atoms with Crippen LogP contribution in [0.4, 0.5) is 0 Å². The number of carboxylic acids is 1. The SMILES string of the molecule is CC(C)CCCC(Br)(C(=O)[O-])C(C)(C)C.[Na+]. The maximum absolute atomic E-state index is 11.2. The Morgan fingerprint density at radius 1 is 1.31 bits per heavy atom. The third kappa shape index (κ3) is 5.52. The summed E-state index contributed by atoms with van der Waals surface area (Å²) in [5.74, 6) is -0.387. The maximum Gasteiger partial charge on any atom is 1.00 e. The van der Waals surface area contributed by atoms with Gasteiger partial charge in [0.1, 0.15) is 0 Å². The van der Waals surface area contributed by atoms with Crippen molar-refractivity contribution in [2.45, 2.75) is 58.2 Å². The number of hydrogen-bond acceptors (Lipinski definition) is 2. The van der Waals surface area contributed by atoms with Gasteiger partial charge in [0.15, 0.2) is 0 Å². The molecular weight excluding hydrogens is 279 g/mol. The van der Waals surface area contributed by atoms with Crippen LogP contribution in [0, 0.1) is 11.3 Å². The Morgan fingerprint density at radius 3 is 2.00 bits per heavy atom. The van der Waals surface area contributed by atoms with E-state index >= 15 is 0 Å². The Kier molecular flexibility index (Phi) is 8.92. The second kappa shape index (κ2) is 7.40. The summed E-state index contributed by atoms with van der Waals surface area (Å²) in [6, 6.07) is 0. The molecule has 16 heavy (non-hydrogen) atoms. The van der Waals surface area contributed by atoms with Gasteiger partial charge in [-0.25, -0.2) is 0 Å². The van der Waals surface area contributed by atoms with E-state index in [2.05, 4.69) is 29.8 Å². The van der Waals surface area contributed by atoms with Crippen LogP contribution in [-0.2, 0) is 4.79 Å². The molecule has 0 aromatic rings. The van der Waals surface area contributed by atoms with E-state index in [0.717, 1.165) is 12.8 Å². The zero-order chi connectivity index (χ0) is 12.3. The van der Waals surface area contributed by atoms with Crippen LogP contribution >= 0.6 is 15.9 Å². The number of halogens is 1. The molecule has 0 spiro atoms. The summed E-state index contributed by atoms with van der Waals surface area (Å²) < 4.78 is -0.908. The minimum Gasteiger partial charge on any atom is -0.549 e. The smallest absolute Gasteiger partial charge is 0.549 e. The molecule has 1 atom stereocenters. The summed E-state index contributed by atoms with van der Waals surface area (Å²) >= 11 is 3.36. The van der Waals surface area contributed by atoms with Crippen LogP contribution in [0.5, 0.6) is 0 Å². The normalized spacial score (nSPS) is 15.4. The Labute approximate surface area is 130 Å². The topological polar surface area (TPSA) is 40.1 Å². The van der Waals surface area contributed by atoms with Crippen molar-refractivity contribution in [3.63, 3.8) is 0 Å². The molecule has 90 valence electrons. The van der Waals surface area contributed by atoms with E-state index < -0.39 is 10.3 Å². The van der Waals surface area contributed by atoms with Gasteiger partial charge in [-0.1, -0.05) is 63.4 Å². The number of carbonyl (C=O) groups excluding carboxylic acids is 1. The van der Waals surface area contributed by atoms with Crippen LogP contribution in [0.2, 0.25) is 0 Å². The van der Waals surface area contributed by atoms with E-state index in [1.54, 1.807) is 0 Å². The van der Waals surface area contributed by atoms with Crippen LogP contribution in [-0.4, -0.2) is 10.3 Å². The first-order valence-electron chi connectivity index (χ1n) is 5.51. The molecule has 0 aliphatic heterocycles. The fourth-order valence-electron chi connectivity index (χ4n) is 1.54. The first-order valence-corrected chi connectivity index (χ1v) is 6.31. The Morgan fingerprint density at radius 2 is 1.75 bits per heavy atom. The molecule has 0 rings (SSSR count). The van der Waals surface area contributed by atoms with E-state index in [1.165, 1.54) is 0 Å². The van der Waals surface area contributed by atoms with Gasteiger partial charge in [0, 0.05) is 0 Å². The van der Waals surface area contributed by atoms with Gasteiger partial charge in [-0.2, -0.15) is 0 Å². The average Bonchev–Trinajstić information content (AvgIpc) is 2.00. The van der Waals surface area contributed by atoms with Gasteiger partial charge in [0.2, 0.25) is 0 Å². The second-order valence-corrected chi connectivity index (χ2v) is 6.98.